The van der Waals surface area contributed by atoms with Crippen LogP contribution in [0.25, 0.3) is 5.57 Å². The van der Waals surface area contributed by atoms with Crippen LogP contribution in [0.3, 0.4) is 0 Å². The van der Waals surface area contributed by atoms with Crippen LogP contribution in [0.5, 0.6) is 0 Å². The van der Waals surface area contributed by atoms with Gasteiger partial charge in [0.05, 0.1) is 11.3 Å². The summed E-state index contributed by atoms with van der Waals surface area (Å²) in [4.78, 5) is 28.5. The fourth-order valence-electron chi connectivity index (χ4n) is 3.19. The highest BCUT2D eigenvalue weighted by atomic mass is 32.1. The summed E-state index contributed by atoms with van der Waals surface area (Å²) in [5.74, 6) is -0.635. The molecule has 4 rings (SSSR count). The second-order valence-corrected chi connectivity index (χ2v) is 7.63. The molecule has 4 nitrogen and oxygen atoms in total. The first kappa shape index (κ1) is 18.2. The summed E-state index contributed by atoms with van der Waals surface area (Å²) >= 11 is 1.45. The molecular formula is C23H20N2O2S. The van der Waals surface area contributed by atoms with Crippen LogP contribution in [0.1, 0.15) is 22.9 Å². The zero-order valence-electron chi connectivity index (χ0n) is 15.7. The van der Waals surface area contributed by atoms with Crippen molar-refractivity contribution in [2.45, 2.75) is 20.3 Å². The van der Waals surface area contributed by atoms with Crippen LogP contribution in [0.15, 0.2) is 71.7 Å². The third-order valence-electron chi connectivity index (χ3n) is 4.78. The Balaban J connectivity index is 1.75. The lowest BCUT2D eigenvalue weighted by atomic mass is 10.1. The fraction of sp³-hybridized carbons (Fsp3) is 0.130. The summed E-state index contributed by atoms with van der Waals surface area (Å²) < 4.78 is 0. The highest BCUT2D eigenvalue weighted by molar-refractivity contribution is 7.11. The largest absolute Gasteiger partial charge is 0.350 e. The summed E-state index contributed by atoms with van der Waals surface area (Å²) in [7, 11) is 0. The smallest absolute Gasteiger partial charge is 0.282 e. The number of hydrogen-bond acceptors (Lipinski definition) is 4. The maximum Gasteiger partial charge on any atom is 0.282 e. The molecule has 2 heterocycles. The zero-order chi connectivity index (χ0) is 19.7. The van der Waals surface area contributed by atoms with E-state index in [2.05, 4.69) is 12.2 Å². The lowest BCUT2D eigenvalue weighted by molar-refractivity contribution is -0.120. The molecule has 0 aliphatic carbocycles. The minimum Gasteiger partial charge on any atom is -0.350 e. The predicted molar refractivity (Wildman–Crippen MR) is 114 cm³/mol. The van der Waals surface area contributed by atoms with E-state index >= 15 is 0 Å². The number of nitrogens with zero attached hydrogens (tertiary/aromatic N) is 1. The Morgan fingerprint density at radius 1 is 0.929 bits per heavy atom. The molecule has 0 saturated heterocycles. The topological polar surface area (TPSA) is 49.4 Å². The van der Waals surface area contributed by atoms with Crippen molar-refractivity contribution >= 4 is 40.1 Å². The summed E-state index contributed by atoms with van der Waals surface area (Å²) in [5, 5.41) is 5.09. The quantitative estimate of drug-likeness (QED) is 0.625. The van der Waals surface area contributed by atoms with E-state index in [1.165, 1.54) is 16.2 Å². The minimum absolute atomic E-state index is 0.300. The number of anilines is 2. The molecule has 0 spiro atoms. The molecule has 5 heteroatoms. The van der Waals surface area contributed by atoms with Crippen molar-refractivity contribution in [3.63, 3.8) is 0 Å². The molecule has 1 aliphatic heterocycles. The molecule has 0 unspecified atom stereocenters. The van der Waals surface area contributed by atoms with Crippen molar-refractivity contribution in [2.75, 3.05) is 10.2 Å². The summed E-state index contributed by atoms with van der Waals surface area (Å²) in [6.07, 6.45) is 0.904. The van der Waals surface area contributed by atoms with E-state index in [-0.39, 0.29) is 11.8 Å². The van der Waals surface area contributed by atoms with Crippen LogP contribution >= 0.6 is 11.3 Å². The second-order valence-electron chi connectivity index (χ2n) is 6.68. The molecule has 0 radical (unpaired) electrons. The Morgan fingerprint density at radius 2 is 1.64 bits per heavy atom. The van der Waals surface area contributed by atoms with E-state index in [4.69, 9.17) is 0 Å². The third kappa shape index (κ3) is 3.25. The third-order valence-corrected chi connectivity index (χ3v) is 5.66. The first-order chi connectivity index (χ1) is 13.6. The first-order valence-electron chi connectivity index (χ1n) is 9.18. The van der Waals surface area contributed by atoms with Gasteiger partial charge in [-0.2, -0.15) is 0 Å². The van der Waals surface area contributed by atoms with Crippen molar-refractivity contribution in [2.24, 2.45) is 0 Å². The lowest BCUT2D eigenvalue weighted by Gasteiger charge is -2.16. The standard InChI is InChI=1S/C23H20N2O2S/c1-3-16-8-12-18(13-9-16)25-22(26)20(19-5-4-14-28-19)21(23(25)27)24-17-10-6-15(2)7-11-17/h4-14,24H,3H2,1-2H3. The van der Waals surface area contributed by atoms with Gasteiger partial charge in [0, 0.05) is 10.6 Å². The van der Waals surface area contributed by atoms with Gasteiger partial charge in [0.25, 0.3) is 11.8 Å². The average Bonchev–Trinajstić information content (AvgIpc) is 3.31. The maximum atomic E-state index is 13.2. The molecule has 140 valence electrons. The van der Waals surface area contributed by atoms with Gasteiger partial charge in [0.2, 0.25) is 0 Å². The molecule has 2 amide bonds. The van der Waals surface area contributed by atoms with Gasteiger partial charge in [0.15, 0.2) is 0 Å². The lowest BCUT2D eigenvalue weighted by Crippen LogP contribution is -2.32. The number of carbonyl (C=O) groups is 2. The molecule has 0 fully saturated rings. The van der Waals surface area contributed by atoms with Crippen LogP contribution < -0.4 is 10.2 Å². The van der Waals surface area contributed by atoms with Gasteiger partial charge < -0.3 is 5.32 Å². The molecule has 2 aromatic carbocycles. The molecule has 0 bridgehead atoms. The van der Waals surface area contributed by atoms with Gasteiger partial charge in [-0.15, -0.1) is 11.3 Å². The van der Waals surface area contributed by atoms with Gasteiger partial charge in [-0.05, 0) is 54.6 Å². The van der Waals surface area contributed by atoms with E-state index in [0.717, 1.165) is 28.1 Å². The van der Waals surface area contributed by atoms with E-state index in [1.807, 2.05) is 73.0 Å². The zero-order valence-corrected chi connectivity index (χ0v) is 16.5. The van der Waals surface area contributed by atoms with Crippen molar-refractivity contribution in [1.82, 2.24) is 0 Å². The van der Waals surface area contributed by atoms with E-state index in [9.17, 15) is 9.59 Å². The molecule has 0 saturated carbocycles. The number of imide groups is 1. The van der Waals surface area contributed by atoms with Gasteiger partial charge in [-0.1, -0.05) is 42.8 Å². The van der Waals surface area contributed by atoms with Crippen molar-refractivity contribution in [3.8, 4) is 0 Å². The Labute approximate surface area is 168 Å². The number of thiophene rings is 1. The Bertz CT molecular complexity index is 1050. The Kier molecular flexibility index (Phi) is 4.84. The second kappa shape index (κ2) is 7.44. The summed E-state index contributed by atoms with van der Waals surface area (Å²) in [5.41, 5.74) is 4.38. The fourth-order valence-corrected chi connectivity index (χ4v) is 3.96. The van der Waals surface area contributed by atoms with E-state index in [1.54, 1.807) is 0 Å². The molecule has 1 aliphatic rings. The number of benzene rings is 2. The molecular weight excluding hydrogens is 368 g/mol. The minimum atomic E-state index is -0.335. The monoisotopic (exact) mass is 388 g/mol. The highest BCUT2D eigenvalue weighted by Gasteiger charge is 2.40. The highest BCUT2D eigenvalue weighted by Crippen LogP contribution is 2.35. The van der Waals surface area contributed by atoms with Crippen molar-refractivity contribution < 1.29 is 9.59 Å². The predicted octanol–water partition coefficient (Wildman–Crippen LogP) is 5.02. The van der Waals surface area contributed by atoms with E-state index < -0.39 is 0 Å². The molecule has 3 aromatic rings. The van der Waals surface area contributed by atoms with Crippen LogP contribution in [0.4, 0.5) is 11.4 Å². The number of rotatable bonds is 5. The van der Waals surface area contributed by atoms with Crippen molar-refractivity contribution in [3.05, 3.63) is 87.7 Å². The van der Waals surface area contributed by atoms with Crippen LogP contribution in [-0.4, -0.2) is 11.8 Å². The summed E-state index contributed by atoms with van der Waals surface area (Å²) in [6.45, 7) is 4.08. The van der Waals surface area contributed by atoms with Gasteiger partial charge >= 0.3 is 0 Å². The van der Waals surface area contributed by atoms with Crippen LogP contribution in [0, 0.1) is 6.92 Å². The number of aryl methyl sites for hydroxylation is 2. The van der Waals surface area contributed by atoms with Crippen LogP contribution in [0.2, 0.25) is 0 Å². The van der Waals surface area contributed by atoms with Gasteiger partial charge in [0.1, 0.15) is 5.70 Å². The number of carbonyl (C=O) groups excluding carboxylic acids is 2. The molecule has 0 atom stereocenters. The van der Waals surface area contributed by atoms with Gasteiger partial charge in [-0.25, -0.2) is 4.90 Å². The normalized spacial score (nSPS) is 14.1. The number of hydrogen-bond donors (Lipinski definition) is 1. The molecule has 1 N–H and O–H groups in total. The molecule has 1 aromatic heterocycles. The Hall–Kier alpha value is -3.18. The SMILES string of the molecule is CCc1ccc(N2C(=O)C(Nc3ccc(C)cc3)=C(c3cccs3)C2=O)cc1. The van der Waals surface area contributed by atoms with Crippen LogP contribution in [-0.2, 0) is 16.0 Å². The first-order valence-corrected chi connectivity index (χ1v) is 10.1. The van der Waals surface area contributed by atoms with Gasteiger partial charge in [-0.3, -0.25) is 9.59 Å². The summed E-state index contributed by atoms with van der Waals surface area (Å²) in [6, 6.07) is 19.1. The maximum absolute atomic E-state index is 13.2. The number of amides is 2. The molecule has 28 heavy (non-hydrogen) atoms. The van der Waals surface area contributed by atoms with E-state index in [0.29, 0.717) is 17.0 Å². The average molecular weight is 388 g/mol. The van der Waals surface area contributed by atoms with Crippen molar-refractivity contribution in [1.29, 1.82) is 0 Å². The Morgan fingerprint density at radius 3 is 2.25 bits per heavy atom. The number of nitrogens with one attached hydrogen (secondary N) is 1.